The van der Waals surface area contributed by atoms with E-state index in [1.807, 2.05) is 24.4 Å². The second-order valence-corrected chi connectivity index (χ2v) is 6.51. The molecular weight excluding hydrogens is 301 g/mol. The largest absolute Gasteiger partial charge is 0.326 e. The molecule has 2 heterocycles. The number of rotatable bonds is 3. The number of para-hydroxylation sites is 1. The zero-order valence-electron chi connectivity index (χ0n) is 13.4. The molecule has 2 N–H and O–H groups in total. The van der Waals surface area contributed by atoms with Crippen molar-refractivity contribution in [2.45, 2.75) is 18.5 Å². The van der Waals surface area contributed by atoms with Crippen LogP contribution < -0.4 is 5.73 Å². The SMILES string of the molecule is NC1CN(Cc2cccc3cccnc23)CC1c1ccc(F)cc1. The molecule has 122 valence electrons. The van der Waals surface area contributed by atoms with Crippen molar-refractivity contribution in [2.24, 2.45) is 5.73 Å². The van der Waals surface area contributed by atoms with E-state index < -0.39 is 0 Å². The van der Waals surface area contributed by atoms with Crippen molar-refractivity contribution in [1.29, 1.82) is 0 Å². The first-order valence-corrected chi connectivity index (χ1v) is 8.27. The summed E-state index contributed by atoms with van der Waals surface area (Å²) >= 11 is 0. The second-order valence-electron chi connectivity index (χ2n) is 6.51. The Balaban J connectivity index is 1.55. The predicted molar refractivity (Wildman–Crippen MR) is 94.1 cm³/mol. The number of aromatic nitrogens is 1. The zero-order chi connectivity index (χ0) is 16.5. The number of benzene rings is 2. The number of halogens is 1. The quantitative estimate of drug-likeness (QED) is 0.805. The first kappa shape index (κ1) is 15.2. The van der Waals surface area contributed by atoms with E-state index in [9.17, 15) is 4.39 Å². The highest BCUT2D eigenvalue weighted by Gasteiger charge is 2.31. The highest BCUT2D eigenvalue weighted by atomic mass is 19.1. The maximum absolute atomic E-state index is 13.1. The van der Waals surface area contributed by atoms with Crippen molar-refractivity contribution in [1.82, 2.24) is 9.88 Å². The van der Waals surface area contributed by atoms with Crippen molar-refractivity contribution in [3.8, 4) is 0 Å². The van der Waals surface area contributed by atoms with Crippen LogP contribution in [-0.4, -0.2) is 29.0 Å². The molecule has 0 bridgehead atoms. The van der Waals surface area contributed by atoms with E-state index in [1.165, 1.54) is 17.7 Å². The van der Waals surface area contributed by atoms with Crippen molar-refractivity contribution in [3.05, 3.63) is 77.7 Å². The molecule has 1 fully saturated rings. The summed E-state index contributed by atoms with van der Waals surface area (Å²) < 4.78 is 13.1. The Morgan fingerprint density at radius 2 is 1.83 bits per heavy atom. The van der Waals surface area contributed by atoms with Gasteiger partial charge in [-0.05, 0) is 29.3 Å². The van der Waals surface area contributed by atoms with Gasteiger partial charge in [0.05, 0.1) is 5.52 Å². The molecule has 1 saturated heterocycles. The maximum atomic E-state index is 13.1. The molecule has 0 saturated carbocycles. The first-order chi connectivity index (χ1) is 11.7. The van der Waals surface area contributed by atoms with Crippen molar-refractivity contribution in [2.75, 3.05) is 13.1 Å². The molecule has 4 heteroatoms. The number of likely N-dealkylation sites (tertiary alicyclic amines) is 1. The third-order valence-electron chi connectivity index (χ3n) is 4.85. The van der Waals surface area contributed by atoms with Crippen LogP contribution in [0.5, 0.6) is 0 Å². The fourth-order valence-corrected chi connectivity index (χ4v) is 3.64. The minimum Gasteiger partial charge on any atom is -0.326 e. The van der Waals surface area contributed by atoms with Crippen LogP contribution in [0.3, 0.4) is 0 Å². The third-order valence-corrected chi connectivity index (χ3v) is 4.85. The van der Waals surface area contributed by atoms with Crippen LogP contribution >= 0.6 is 0 Å². The average Bonchev–Trinajstić information content (AvgIpc) is 2.96. The summed E-state index contributed by atoms with van der Waals surface area (Å²) in [6, 6.07) is 17.1. The lowest BCUT2D eigenvalue weighted by molar-refractivity contribution is 0.325. The molecular formula is C20H20FN3. The van der Waals surface area contributed by atoms with Gasteiger partial charge in [-0.25, -0.2) is 4.39 Å². The molecule has 3 nitrogen and oxygen atoms in total. The summed E-state index contributed by atoms with van der Waals surface area (Å²) in [5.41, 5.74) is 9.74. The maximum Gasteiger partial charge on any atom is 0.123 e. The van der Waals surface area contributed by atoms with Gasteiger partial charge < -0.3 is 5.73 Å². The number of pyridine rings is 1. The summed E-state index contributed by atoms with van der Waals surface area (Å²) in [5.74, 6) is 0.0394. The molecule has 2 atom stereocenters. The van der Waals surface area contributed by atoms with Crippen LogP contribution in [0, 0.1) is 5.82 Å². The van der Waals surface area contributed by atoms with Crippen LogP contribution in [0.25, 0.3) is 10.9 Å². The standard InChI is InChI=1S/C20H20FN3/c21-17-8-6-14(7-9-17)18-12-24(13-19(18)22)11-16-4-1-3-15-5-2-10-23-20(15)16/h1-10,18-19H,11-13,22H2. The summed E-state index contributed by atoms with van der Waals surface area (Å²) in [5, 5.41) is 1.16. The number of nitrogens with zero attached hydrogens (tertiary/aromatic N) is 2. The molecule has 1 aliphatic rings. The molecule has 2 unspecified atom stereocenters. The highest BCUT2D eigenvalue weighted by molar-refractivity contribution is 5.81. The lowest BCUT2D eigenvalue weighted by atomic mass is 9.95. The van der Waals surface area contributed by atoms with Gasteiger partial charge in [0.2, 0.25) is 0 Å². The lowest BCUT2D eigenvalue weighted by Crippen LogP contribution is -2.28. The van der Waals surface area contributed by atoms with E-state index in [0.717, 1.165) is 36.1 Å². The molecule has 0 aliphatic carbocycles. The van der Waals surface area contributed by atoms with E-state index in [0.29, 0.717) is 0 Å². The Hall–Kier alpha value is -2.30. The van der Waals surface area contributed by atoms with Gasteiger partial charge in [0.15, 0.2) is 0 Å². The van der Waals surface area contributed by atoms with Crippen LogP contribution in [0.4, 0.5) is 4.39 Å². The first-order valence-electron chi connectivity index (χ1n) is 8.27. The smallest absolute Gasteiger partial charge is 0.123 e. The molecule has 0 radical (unpaired) electrons. The predicted octanol–water partition coefficient (Wildman–Crippen LogP) is 3.30. The second kappa shape index (κ2) is 6.30. The third kappa shape index (κ3) is 2.90. The fraction of sp³-hybridized carbons (Fsp3) is 0.250. The van der Waals surface area contributed by atoms with E-state index in [4.69, 9.17) is 5.73 Å². The number of nitrogens with two attached hydrogens (primary N) is 1. The van der Waals surface area contributed by atoms with Crippen LogP contribution in [-0.2, 0) is 6.54 Å². The Labute approximate surface area is 140 Å². The summed E-state index contributed by atoms with van der Waals surface area (Å²) in [6.45, 7) is 2.56. The van der Waals surface area contributed by atoms with Gasteiger partial charge >= 0.3 is 0 Å². The Kier molecular flexibility index (Phi) is 4.00. The van der Waals surface area contributed by atoms with Gasteiger partial charge in [-0.2, -0.15) is 0 Å². The topological polar surface area (TPSA) is 42.1 Å². The molecule has 0 amide bonds. The van der Waals surface area contributed by atoms with Gasteiger partial charge in [-0.3, -0.25) is 9.88 Å². The van der Waals surface area contributed by atoms with Gasteiger partial charge in [-0.15, -0.1) is 0 Å². The highest BCUT2D eigenvalue weighted by Crippen LogP contribution is 2.28. The summed E-state index contributed by atoms with van der Waals surface area (Å²) in [6.07, 6.45) is 1.84. The van der Waals surface area contributed by atoms with E-state index in [1.54, 1.807) is 0 Å². The summed E-state index contributed by atoms with van der Waals surface area (Å²) in [4.78, 5) is 6.89. The van der Waals surface area contributed by atoms with Crippen LogP contribution in [0.2, 0.25) is 0 Å². The molecule has 3 aromatic rings. The van der Waals surface area contributed by atoms with Crippen molar-refractivity contribution < 1.29 is 4.39 Å². The average molecular weight is 321 g/mol. The molecule has 0 spiro atoms. The minimum absolute atomic E-state index is 0.0680. The summed E-state index contributed by atoms with van der Waals surface area (Å²) in [7, 11) is 0. The number of hydrogen-bond acceptors (Lipinski definition) is 3. The Morgan fingerprint density at radius 3 is 2.67 bits per heavy atom. The Bertz CT molecular complexity index is 842. The molecule has 4 rings (SSSR count). The Morgan fingerprint density at radius 1 is 1.04 bits per heavy atom. The monoisotopic (exact) mass is 321 g/mol. The molecule has 24 heavy (non-hydrogen) atoms. The molecule has 2 aromatic carbocycles. The minimum atomic E-state index is -0.205. The fourth-order valence-electron chi connectivity index (χ4n) is 3.64. The molecule has 1 aliphatic heterocycles. The van der Waals surface area contributed by atoms with Crippen LogP contribution in [0.1, 0.15) is 17.0 Å². The molecule has 1 aromatic heterocycles. The van der Waals surface area contributed by atoms with Gasteiger partial charge in [0.1, 0.15) is 5.82 Å². The number of fused-ring (bicyclic) bond motifs is 1. The number of hydrogen-bond donors (Lipinski definition) is 1. The lowest BCUT2D eigenvalue weighted by Gasteiger charge is -2.17. The van der Waals surface area contributed by atoms with Gasteiger partial charge in [-0.1, -0.05) is 36.4 Å². The van der Waals surface area contributed by atoms with Gasteiger partial charge in [0.25, 0.3) is 0 Å². The van der Waals surface area contributed by atoms with Crippen molar-refractivity contribution >= 4 is 10.9 Å². The van der Waals surface area contributed by atoms with Crippen molar-refractivity contribution in [3.63, 3.8) is 0 Å². The zero-order valence-corrected chi connectivity index (χ0v) is 13.4. The van der Waals surface area contributed by atoms with E-state index in [2.05, 4.69) is 34.1 Å². The van der Waals surface area contributed by atoms with Gasteiger partial charge in [0, 0.05) is 43.2 Å². The van der Waals surface area contributed by atoms with E-state index in [-0.39, 0.29) is 17.8 Å². The van der Waals surface area contributed by atoms with E-state index >= 15 is 0 Å². The normalized spacial score (nSPS) is 21.4. The van der Waals surface area contributed by atoms with Crippen LogP contribution in [0.15, 0.2) is 60.8 Å².